The van der Waals surface area contributed by atoms with E-state index in [-0.39, 0.29) is 0 Å². The first-order valence-electron chi connectivity index (χ1n) is 3.23. The molecule has 0 aliphatic heterocycles. The number of hydrogen-bond donors (Lipinski definition) is 1. The fraction of sp³-hybridized carbons (Fsp3) is 0.143. The SMILES string of the molecule is O=[SH](=O)c1ccccc1C(F)(F)F. The third kappa shape index (κ3) is 2.21. The maximum atomic E-state index is 12.1. The van der Waals surface area contributed by atoms with Crippen LogP contribution in [0.1, 0.15) is 5.56 Å². The monoisotopic (exact) mass is 210 g/mol. The molecule has 0 saturated heterocycles. The Balaban J connectivity index is 3.37. The van der Waals surface area contributed by atoms with Gasteiger partial charge >= 0.3 is 6.18 Å². The number of halogens is 3. The van der Waals surface area contributed by atoms with E-state index in [1.54, 1.807) is 0 Å². The van der Waals surface area contributed by atoms with Gasteiger partial charge in [0.05, 0.1) is 10.5 Å². The van der Waals surface area contributed by atoms with Crippen LogP contribution in [0.4, 0.5) is 13.2 Å². The van der Waals surface area contributed by atoms with Gasteiger partial charge in [0.1, 0.15) is 0 Å². The van der Waals surface area contributed by atoms with E-state index >= 15 is 0 Å². The lowest BCUT2D eigenvalue weighted by Gasteiger charge is -2.07. The van der Waals surface area contributed by atoms with Crippen molar-refractivity contribution in [2.45, 2.75) is 11.1 Å². The summed E-state index contributed by atoms with van der Waals surface area (Å²) in [5.74, 6) is 0. The van der Waals surface area contributed by atoms with Crippen molar-refractivity contribution in [3.8, 4) is 0 Å². The molecule has 0 N–H and O–H groups in total. The summed E-state index contributed by atoms with van der Waals surface area (Å²) in [6.07, 6.45) is -4.62. The highest BCUT2D eigenvalue weighted by Crippen LogP contribution is 2.32. The van der Waals surface area contributed by atoms with E-state index in [4.69, 9.17) is 0 Å². The number of thiol groups is 1. The zero-order valence-corrected chi connectivity index (χ0v) is 7.10. The minimum Gasteiger partial charge on any atom is -0.227 e. The van der Waals surface area contributed by atoms with E-state index in [0.717, 1.165) is 18.2 Å². The first-order valence-corrected chi connectivity index (χ1v) is 4.41. The van der Waals surface area contributed by atoms with Gasteiger partial charge < -0.3 is 0 Å². The quantitative estimate of drug-likeness (QED) is 0.715. The third-order valence-electron chi connectivity index (χ3n) is 1.41. The molecular weight excluding hydrogens is 205 g/mol. The van der Waals surface area contributed by atoms with Gasteiger partial charge in [-0.25, -0.2) is 8.42 Å². The van der Waals surface area contributed by atoms with Crippen LogP contribution in [0.5, 0.6) is 0 Å². The number of rotatable bonds is 1. The van der Waals surface area contributed by atoms with E-state index < -0.39 is 27.3 Å². The topological polar surface area (TPSA) is 34.1 Å². The Labute approximate surface area is 74.0 Å². The van der Waals surface area contributed by atoms with Crippen molar-refractivity contribution in [2.75, 3.05) is 0 Å². The van der Waals surface area contributed by atoms with Gasteiger partial charge in [0.25, 0.3) is 0 Å². The van der Waals surface area contributed by atoms with Crippen LogP contribution >= 0.6 is 0 Å². The van der Waals surface area contributed by atoms with Crippen LogP contribution in [-0.4, -0.2) is 8.42 Å². The number of benzene rings is 1. The van der Waals surface area contributed by atoms with Crippen molar-refractivity contribution < 1.29 is 21.6 Å². The number of alkyl halides is 3. The Bertz CT molecular complexity index is 374. The second-order valence-corrected chi connectivity index (χ2v) is 3.27. The van der Waals surface area contributed by atoms with Crippen molar-refractivity contribution in [2.24, 2.45) is 0 Å². The van der Waals surface area contributed by atoms with E-state index in [9.17, 15) is 21.6 Å². The zero-order valence-electron chi connectivity index (χ0n) is 6.21. The van der Waals surface area contributed by atoms with Gasteiger partial charge in [-0.2, -0.15) is 13.2 Å². The molecule has 0 aliphatic rings. The van der Waals surface area contributed by atoms with Crippen LogP contribution in [-0.2, 0) is 16.9 Å². The number of hydrogen-bond acceptors (Lipinski definition) is 2. The largest absolute Gasteiger partial charge is 0.417 e. The van der Waals surface area contributed by atoms with Gasteiger partial charge in [-0.1, -0.05) is 12.1 Å². The normalized spacial score (nSPS) is 12.0. The minimum absolute atomic E-state index is 0.690. The highest BCUT2D eigenvalue weighted by Gasteiger charge is 2.33. The molecule has 0 atom stereocenters. The predicted molar refractivity (Wildman–Crippen MR) is 40.0 cm³/mol. The molecule has 0 saturated carbocycles. The van der Waals surface area contributed by atoms with Gasteiger partial charge in [0.2, 0.25) is 0 Å². The fourth-order valence-corrected chi connectivity index (χ4v) is 1.48. The molecule has 0 radical (unpaired) electrons. The molecule has 1 rings (SSSR count). The van der Waals surface area contributed by atoms with Crippen LogP contribution < -0.4 is 0 Å². The van der Waals surface area contributed by atoms with Crippen LogP contribution in [0.3, 0.4) is 0 Å². The minimum atomic E-state index is -4.62. The van der Waals surface area contributed by atoms with Crippen LogP contribution in [0.25, 0.3) is 0 Å². The highest BCUT2D eigenvalue weighted by atomic mass is 32.2. The molecule has 1 aromatic carbocycles. The summed E-state index contributed by atoms with van der Waals surface area (Å²) in [6, 6.07) is 4.05. The Kier molecular flexibility index (Phi) is 2.60. The molecule has 2 nitrogen and oxygen atoms in total. The lowest BCUT2D eigenvalue weighted by atomic mass is 10.2. The second kappa shape index (κ2) is 3.37. The predicted octanol–water partition coefficient (Wildman–Crippen LogP) is 1.68. The summed E-state index contributed by atoms with van der Waals surface area (Å²) in [5, 5.41) is 0. The summed E-state index contributed by atoms with van der Waals surface area (Å²) < 4.78 is 57.2. The van der Waals surface area contributed by atoms with Crippen molar-refractivity contribution in [3.63, 3.8) is 0 Å². The van der Waals surface area contributed by atoms with Gasteiger partial charge in [0.15, 0.2) is 10.7 Å². The Morgan fingerprint density at radius 1 is 1.08 bits per heavy atom. The highest BCUT2D eigenvalue weighted by molar-refractivity contribution is 7.72. The van der Waals surface area contributed by atoms with E-state index in [2.05, 4.69) is 0 Å². The summed E-state index contributed by atoms with van der Waals surface area (Å²) in [4.78, 5) is -0.690. The zero-order chi connectivity index (χ0) is 10.1. The molecule has 0 bridgehead atoms. The Hall–Kier alpha value is -1.04. The summed E-state index contributed by atoms with van der Waals surface area (Å²) >= 11 is 0. The van der Waals surface area contributed by atoms with Crippen LogP contribution in [0.15, 0.2) is 29.2 Å². The molecule has 72 valence electrons. The lowest BCUT2D eigenvalue weighted by molar-refractivity contribution is -0.139. The molecule has 0 fully saturated rings. The fourth-order valence-electron chi connectivity index (χ4n) is 0.873. The van der Waals surface area contributed by atoms with E-state index in [0.29, 0.717) is 0 Å². The average Bonchev–Trinajstić information content (AvgIpc) is 2.03. The first-order chi connectivity index (χ1) is 5.93. The van der Waals surface area contributed by atoms with Crippen molar-refractivity contribution in [1.82, 2.24) is 0 Å². The summed E-state index contributed by atoms with van der Waals surface area (Å²) in [6.45, 7) is 0. The summed E-state index contributed by atoms with van der Waals surface area (Å²) in [5.41, 5.74) is -1.12. The molecule has 1 aromatic rings. The van der Waals surface area contributed by atoms with Crippen molar-refractivity contribution in [3.05, 3.63) is 29.8 Å². The van der Waals surface area contributed by atoms with Crippen molar-refractivity contribution >= 4 is 10.7 Å². The molecule has 0 aliphatic carbocycles. The Morgan fingerprint density at radius 3 is 2.00 bits per heavy atom. The molecule has 13 heavy (non-hydrogen) atoms. The molecular formula is C7H5F3O2S. The lowest BCUT2D eigenvalue weighted by Crippen LogP contribution is -2.07. The molecule has 0 aromatic heterocycles. The van der Waals surface area contributed by atoms with Crippen LogP contribution in [0, 0.1) is 0 Å². The van der Waals surface area contributed by atoms with Gasteiger partial charge in [-0.3, -0.25) is 0 Å². The maximum absolute atomic E-state index is 12.1. The van der Waals surface area contributed by atoms with Crippen LogP contribution in [0.2, 0.25) is 0 Å². The average molecular weight is 210 g/mol. The van der Waals surface area contributed by atoms with Gasteiger partial charge in [-0.15, -0.1) is 0 Å². The summed E-state index contributed by atoms with van der Waals surface area (Å²) in [7, 11) is -3.20. The molecule has 0 heterocycles. The van der Waals surface area contributed by atoms with E-state index in [1.807, 2.05) is 0 Å². The maximum Gasteiger partial charge on any atom is 0.417 e. The third-order valence-corrected chi connectivity index (χ3v) is 2.19. The van der Waals surface area contributed by atoms with E-state index in [1.165, 1.54) is 6.07 Å². The van der Waals surface area contributed by atoms with Gasteiger partial charge in [0, 0.05) is 0 Å². The van der Waals surface area contributed by atoms with Gasteiger partial charge in [-0.05, 0) is 12.1 Å². The molecule has 6 heteroatoms. The second-order valence-electron chi connectivity index (χ2n) is 2.27. The van der Waals surface area contributed by atoms with Crippen molar-refractivity contribution in [1.29, 1.82) is 0 Å². The molecule has 0 unspecified atom stereocenters. The smallest absolute Gasteiger partial charge is 0.227 e. The first kappa shape index (κ1) is 10.0. The molecule has 0 amide bonds. The standard InChI is InChI=1S/C7H5F3O2S/c8-7(9,10)5-3-1-2-4-6(5)13(11)12/h1-4,13H. The Morgan fingerprint density at radius 2 is 1.62 bits per heavy atom. The molecule has 0 spiro atoms.